The van der Waals surface area contributed by atoms with Crippen molar-refractivity contribution in [1.29, 1.82) is 0 Å². The number of hydrogen-bond donors (Lipinski definition) is 0. The molecule has 0 fully saturated rings. The van der Waals surface area contributed by atoms with E-state index in [-0.39, 0.29) is 12.4 Å². The van der Waals surface area contributed by atoms with E-state index >= 15 is 0 Å². The minimum Gasteiger partial charge on any atom is -0.463 e. The van der Waals surface area contributed by atoms with Gasteiger partial charge in [-0.25, -0.2) is 9.78 Å². The number of esters is 1. The van der Waals surface area contributed by atoms with Gasteiger partial charge in [-0.3, -0.25) is 0 Å². The Morgan fingerprint density at radius 1 is 1.25 bits per heavy atom. The summed E-state index contributed by atoms with van der Waals surface area (Å²) >= 11 is 0. The van der Waals surface area contributed by atoms with Crippen LogP contribution < -0.4 is 0 Å². The van der Waals surface area contributed by atoms with Gasteiger partial charge in [0.15, 0.2) is 0 Å². The largest absolute Gasteiger partial charge is 0.463 e. The molecule has 0 bridgehead atoms. The van der Waals surface area contributed by atoms with E-state index in [1.54, 1.807) is 0 Å². The lowest BCUT2D eigenvalue weighted by Crippen LogP contribution is -2.04. The number of aromatic nitrogens is 1. The molecule has 1 aromatic carbocycles. The van der Waals surface area contributed by atoms with Gasteiger partial charge < -0.3 is 13.9 Å². The maximum absolute atomic E-state index is 11.7. The molecule has 0 unspecified atom stereocenters. The molecule has 0 saturated carbocycles. The van der Waals surface area contributed by atoms with Crippen molar-refractivity contribution in [2.45, 2.75) is 20.5 Å². The van der Waals surface area contributed by atoms with Crippen LogP contribution in [0.3, 0.4) is 0 Å². The minimum absolute atomic E-state index is 0.0857. The van der Waals surface area contributed by atoms with Gasteiger partial charge in [-0.15, -0.1) is 0 Å². The Labute approximate surface area is 117 Å². The summed E-state index contributed by atoms with van der Waals surface area (Å²) in [7, 11) is 2.84. The van der Waals surface area contributed by atoms with Gasteiger partial charge in [-0.05, 0) is 37.1 Å². The molecule has 0 saturated heterocycles. The van der Waals surface area contributed by atoms with Gasteiger partial charge in [-0.1, -0.05) is 6.07 Å². The highest BCUT2D eigenvalue weighted by Gasteiger charge is 2.21. The number of benzene rings is 1. The third-order valence-corrected chi connectivity index (χ3v) is 3.10. The third-order valence-electron chi connectivity index (χ3n) is 3.10. The van der Waals surface area contributed by atoms with E-state index in [0.717, 1.165) is 11.1 Å². The van der Waals surface area contributed by atoms with Crippen LogP contribution in [-0.2, 0) is 16.1 Å². The summed E-state index contributed by atoms with van der Waals surface area (Å²) in [6.07, 6.45) is 0. The van der Waals surface area contributed by atoms with Crippen LogP contribution in [0.4, 0.5) is 0 Å². The molecule has 1 aromatic heterocycles. The predicted octanol–water partition coefficient (Wildman–Crippen LogP) is 2.89. The van der Waals surface area contributed by atoms with E-state index < -0.39 is 5.97 Å². The quantitative estimate of drug-likeness (QED) is 0.803. The Morgan fingerprint density at radius 3 is 2.60 bits per heavy atom. The molecule has 5 heteroatoms. The molecule has 2 aromatic rings. The lowest BCUT2D eigenvalue weighted by atomic mass is 10.1. The normalized spacial score (nSPS) is 10.6. The van der Waals surface area contributed by atoms with Gasteiger partial charge in [0.25, 0.3) is 0 Å². The lowest BCUT2D eigenvalue weighted by Gasteiger charge is -2.01. The zero-order valence-corrected chi connectivity index (χ0v) is 12.0. The summed E-state index contributed by atoms with van der Waals surface area (Å²) < 4.78 is 15.2. The maximum atomic E-state index is 11.7. The minimum atomic E-state index is -0.556. The Morgan fingerprint density at radius 2 is 2.00 bits per heavy atom. The van der Waals surface area contributed by atoms with Gasteiger partial charge in [-0.2, -0.15) is 0 Å². The number of hydrogen-bond acceptors (Lipinski definition) is 5. The van der Waals surface area contributed by atoms with Gasteiger partial charge in [0.05, 0.1) is 13.7 Å². The fraction of sp³-hybridized carbons (Fsp3) is 0.333. The average Bonchev–Trinajstić information content (AvgIpc) is 2.85. The third kappa shape index (κ3) is 2.72. The van der Waals surface area contributed by atoms with Crippen molar-refractivity contribution in [2.75, 3.05) is 14.2 Å². The van der Waals surface area contributed by atoms with Crippen molar-refractivity contribution in [3.63, 3.8) is 0 Å². The van der Waals surface area contributed by atoms with Crippen molar-refractivity contribution in [3.05, 3.63) is 40.8 Å². The maximum Gasteiger partial charge on any atom is 0.376 e. The van der Waals surface area contributed by atoms with E-state index in [4.69, 9.17) is 9.15 Å². The average molecular weight is 275 g/mol. The first kappa shape index (κ1) is 14.3. The second-order valence-corrected chi connectivity index (χ2v) is 4.52. The number of carbonyl (C=O) groups excluding carboxylic acids is 1. The highest BCUT2D eigenvalue weighted by molar-refractivity contribution is 5.87. The molecule has 0 N–H and O–H groups in total. The van der Waals surface area contributed by atoms with Crippen LogP contribution >= 0.6 is 0 Å². The molecule has 0 atom stereocenters. The Balaban J connectivity index is 2.46. The molecule has 2 rings (SSSR count). The van der Waals surface area contributed by atoms with Crippen LogP contribution in [0.5, 0.6) is 0 Å². The number of nitrogens with zero attached hydrogens (tertiary/aromatic N) is 1. The van der Waals surface area contributed by atoms with Crippen LogP contribution in [0.15, 0.2) is 22.6 Å². The summed E-state index contributed by atoms with van der Waals surface area (Å²) in [6.45, 7) is 4.24. The molecular formula is C15H17NO4. The standard InChI is InChI=1S/C15H17NO4/c1-9-5-6-11(7-10(9)2)14-16-12(8-18-3)13(20-14)15(17)19-4/h5-7H,8H2,1-4H3. The molecule has 0 aliphatic carbocycles. The summed E-state index contributed by atoms with van der Waals surface area (Å²) in [5, 5.41) is 0. The number of ether oxygens (including phenoxy) is 2. The molecular weight excluding hydrogens is 258 g/mol. The fourth-order valence-electron chi connectivity index (χ4n) is 1.84. The molecule has 5 nitrogen and oxygen atoms in total. The molecule has 106 valence electrons. The zero-order valence-electron chi connectivity index (χ0n) is 12.0. The molecule has 0 aliphatic rings. The van der Waals surface area contributed by atoms with E-state index in [9.17, 15) is 4.79 Å². The van der Waals surface area contributed by atoms with Gasteiger partial charge in [0.1, 0.15) is 5.69 Å². The van der Waals surface area contributed by atoms with Crippen LogP contribution in [0.2, 0.25) is 0 Å². The molecule has 20 heavy (non-hydrogen) atoms. The van der Waals surface area contributed by atoms with Crippen LogP contribution in [0.25, 0.3) is 11.5 Å². The number of carbonyl (C=O) groups is 1. The lowest BCUT2D eigenvalue weighted by molar-refractivity contribution is 0.0559. The number of methoxy groups -OCH3 is 2. The summed E-state index contributed by atoms with van der Waals surface area (Å²) in [5.41, 5.74) is 3.58. The zero-order chi connectivity index (χ0) is 14.7. The Hall–Kier alpha value is -2.14. The van der Waals surface area contributed by atoms with Crippen molar-refractivity contribution < 1.29 is 18.7 Å². The van der Waals surface area contributed by atoms with Crippen molar-refractivity contribution in [1.82, 2.24) is 4.98 Å². The first-order chi connectivity index (χ1) is 9.56. The summed E-state index contributed by atoms with van der Waals surface area (Å²) in [5.74, 6) is -0.0808. The predicted molar refractivity (Wildman–Crippen MR) is 73.5 cm³/mol. The van der Waals surface area contributed by atoms with Gasteiger partial charge in [0, 0.05) is 12.7 Å². The summed E-state index contributed by atoms with van der Waals surface area (Å²) in [4.78, 5) is 16.0. The molecule has 0 amide bonds. The van der Waals surface area contributed by atoms with Crippen LogP contribution in [0, 0.1) is 13.8 Å². The first-order valence-electron chi connectivity index (χ1n) is 6.21. The smallest absolute Gasteiger partial charge is 0.376 e. The monoisotopic (exact) mass is 275 g/mol. The van der Waals surface area contributed by atoms with Crippen molar-refractivity contribution in [3.8, 4) is 11.5 Å². The highest BCUT2D eigenvalue weighted by Crippen LogP contribution is 2.25. The van der Waals surface area contributed by atoms with E-state index in [1.165, 1.54) is 19.8 Å². The molecule has 1 heterocycles. The molecule has 0 spiro atoms. The number of oxazole rings is 1. The topological polar surface area (TPSA) is 61.6 Å². The van der Waals surface area contributed by atoms with Crippen LogP contribution in [-0.4, -0.2) is 25.2 Å². The van der Waals surface area contributed by atoms with E-state index in [0.29, 0.717) is 11.6 Å². The fourth-order valence-corrected chi connectivity index (χ4v) is 1.84. The van der Waals surface area contributed by atoms with Gasteiger partial charge >= 0.3 is 5.97 Å². The Kier molecular flexibility index (Phi) is 4.20. The van der Waals surface area contributed by atoms with Gasteiger partial charge in [0.2, 0.25) is 11.7 Å². The molecule has 0 aliphatic heterocycles. The first-order valence-corrected chi connectivity index (χ1v) is 6.21. The highest BCUT2D eigenvalue weighted by atomic mass is 16.5. The van der Waals surface area contributed by atoms with E-state index in [1.807, 2.05) is 32.0 Å². The Bertz CT molecular complexity index is 631. The number of aryl methyl sites for hydroxylation is 2. The van der Waals surface area contributed by atoms with E-state index in [2.05, 4.69) is 9.72 Å². The SMILES string of the molecule is COCc1nc(-c2ccc(C)c(C)c2)oc1C(=O)OC. The second kappa shape index (κ2) is 5.88. The summed E-state index contributed by atoms with van der Waals surface area (Å²) in [6, 6.07) is 5.87. The number of rotatable bonds is 4. The van der Waals surface area contributed by atoms with Crippen molar-refractivity contribution in [2.24, 2.45) is 0 Å². The van der Waals surface area contributed by atoms with Crippen LogP contribution in [0.1, 0.15) is 27.4 Å². The second-order valence-electron chi connectivity index (χ2n) is 4.52. The molecule has 0 radical (unpaired) electrons. The van der Waals surface area contributed by atoms with Crippen molar-refractivity contribution >= 4 is 5.97 Å².